The molecule has 2 aromatic heterocycles. The van der Waals surface area contributed by atoms with Crippen molar-refractivity contribution >= 4 is 33.8 Å². The van der Waals surface area contributed by atoms with Gasteiger partial charge in [-0.25, -0.2) is 0 Å². The quantitative estimate of drug-likeness (QED) is 0.649. The van der Waals surface area contributed by atoms with E-state index in [4.69, 9.17) is 5.73 Å². The number of carbonyl (C=O) groups excluding carboxylic acids is 1. The zero-order valence-electron chi connectivity index (χ0n) is 12.0. The van der Waals surface area contributed by atoms with Gasteiger partial charge in [0.2, 0.25) is 0 Å². The summed E-state index contributed by atoms with van der Waals surface area (Å²) in [5, 5.41) is 3.88. The molecule has 0 saturated carbocycles. The van der Waals surface area contributed by atoms with Crippen LogP contribution in [-0.4, -0.2) is 10.9 Å². The third kappa shape index (κ3) is 2.64. The highest BCUT2D eigenvalue weighted by atomic mass is 32.1. The molecule has 5 heteroatoms. The predicted octanol–water partition coefficient (Wildman–Crippen LogP) is 3.36. The maximum absolute atomic E-state index is 12.2. The third-order valence-electron chi connectivity index (χ3n) is 3.57. The lowest BCUT2D eigenvalue weighted by Crippen LogP contribution is -2.22. The van der Waals surface area contributed by atoms with E-state index in [0.717, 1.165) is 15.8 Å². The molecule has 0 bridgehead atoms. The second-order valence-corrected chi connectivity index (χ2v) is 6.47. The number of aromatic amines is 1. The van der Waals surface area contributed by atoms with E-state index >= 15 is 0 Å². The zero-order valence-corrected chi connectivity index (χ0v) is 12.8. The fourth-order valence-corrected chi connectivity index (χ4v) is 3.29. The Hall–Kier alpha value is -2.27. The van der Waals surface area contributed by atoms with E-state index in [1.807, 2.05) is 24.3 Å². The number of anilines is 1. The summed E-state index contributed by atoms with van der Waals surface area (Å²) >= 11 is 1.71. The molecule has 0 atom stereocenters. The molecule has 4 nitrogen and oxygen atoms in total. The summed E-state index contributed by atoms with van der Waals surface area (Å²) in [7, 11) is 0. The summed E-state index contributed by atoms with van der Waals surface area (Å²) in [6.07, 6.45) is 0. The summed E-state index contributed by atoms with van der Waals surface area (Å²) in [6, 6.07) is 9.57. The normalized spacial score (nSPS) is 11.0. The number of aromatic nitrogens is 1. The molecule has 2 heterocycles. The number of H-pyrrole nitrogens is 1. The average molecular weight is 299 g/mol. The van der Waals surface area contributed by atoms with Gasteiger partial charge < -0.3 is 16.0 Å². The molecule has 1 aromatic carbocycles. The van der Waals surface area contributed by atoms with Crippen LogP contribution < -0.4 is 11.1 Å². The molecule has 0 radical (unpaired) electrons. The molecule has 108 valence electrons. The van der Waals surface area contributed by atoms with Crippen LogP contribution in [0.1, 0.15) is 25.8 Å². The Balaban J connectivity index is 1.76. The van der Waals surface area contributed by atoms with Crippen molar-refractivity contribution in [2.24, 2.45) is 0 Å². The number of nitrogens with two attached hydrogens (primary N) is 1. The van der Waals surface area contributed by atoms with Gasteiger partial charge in [-0.2, -0.15) is 0 Å². The van der Waals surface area contributed by atoms with Gasteiger partial charge in [-0.15, -0.1) is 11.3 Å². The first kappa shape index (κ1) is 13.7. The number of nitrogen functional groups attached to an aromatic ring is 1. The monoisotopic (exact) mass is 299 g/mol. The van der Waals surface area contributed by atoms with Crippen LogP contribution in [0.4, 0.5) is 5.69 Å². The van der Waals surface area contributed by atoms with Crippen molar-refractivity contribution in [3.8, 4) is 0 Å². The SMILES string of the molecule is Cc1cc(CNC(=O)c2cc3cccc(N)c3[nH]2)sc1C. The molecular weight excluding hydrogens is 282 g/mol. The Morgan fingerprint density at radius 1 is 1.33 bits per heavy atom. The van der Waals surface area contributed by atoms with Gasteiger partial charge in [-0.3, -0.25) is 4.79 Å². The Bertz CT molecular complexity index is 797. The Labute approximate surface area is 127 Å². The number of hydrogen-bond donors (Lipinski definition) is 3. The maximum atomic E-state index is 12.2. The number of thiophene rings is 1. The van der Waals surface area contributed by atoms with Gasteiger partial charge in [0.25, 0.3) is 5.91 Å². The number of amides is 1. The number of benzene rings is 1. The van der Waals surface area contributed by atoms with Crippen LogP contribution in [-0.2, 0) is 6.54 Å². The van der Waals surface area contributed by atoms with Crippen molar-refractivity contribution in [2.75, 3.05) is 5.73 Å². The van der Waals surface area contributed by atoms with Crippen molar-refractivity contribution in [2.45, 2.75) is 20.4 Å². The summed E-state index contributed by atoms with van der Waals surface area (Å²) < 4.78 is 0. The van der Waals surface area contributed by atoms with Gasteiger partial charge in [0.15, 0.2) is 0 Å². The highest BCUT2D eigenvalue weighted by molar-refractivity contribution is 7.12. The van der Waals surface area contributed by atoms with Gasteiger partial charge >= 0.3 is 0 Å². The zero-order chi connectivity index (χ0) is 15.0. The van der Waals surface area contributed by atoms with Gasteiger partial charge in [0.05, 0.1) is 17.7 Å². The Morgan fingerprint density at radius 2 is 2.14 bits per heavy atom. The molecular formula is C16H17N3OS. The predicted molar refractivity (Wildman–Crippen MR) is 87.7 cm³/mol. The number of fused-ring (bicyclic) bond motifs is 1. The molecule has 0 unspecified atom stereocenters. The molecule has 0 aliphatic rings. The minimum atomic E-state index is -0.116. The number of rotatable bonds is 3. The van der Waals surface area contributed by atoms with Gasteiger partial charge in [0.1, 0.15) is 5.69 Å². The first-order chi connectivity index (χ1) is 10.0. The van der Waals surface area contributed by atoms with E-state index in [1.165, 1.54) is 10.4 Å². The molecule has 1 amide bonds. The number of hydrogen-bond acceptors (Lipinski definition) is 3. The molecule has 0 fully saturated rings. The number of para-hydroxylation sites is 1. The van der Waals surface area contributed by atoms with E-state index in [2.05, 4.69) is 30.2 Å². The van der Waals surface area contributed by atoms with E-state index in [9.17, 15) is 4.79 Å². The van der Waals surface area contributed by atoms with Crippen LogP contribution in [0.2, 0.25) is 0 Å². The van der Waals surface area contributed by atoms with Crippen molar-refractivity contribution in [3.05, 3.63) is 51.3 Å². The average Bonchev–Trinajstić information content (AvgIpc) is 3.02. The fraction of sp³-hybridized carbons (Fsp3) is 0.188. The highest BCUT2D eigenvalue weighted by Gasteiger charge is 2.11. The standard InChI is InChI=1S/C16H17N3OS/c1-9-6-12(21-10(9)2)8-18-16(20)14-7-11-4-3-5-13(17)15(11)19-14/h3-7,19H,8,17H2,1-2H3,(H,18,20). The topological polar surface area (TPSA) is 70.9 Å². The first-order valence-electron chi connectivity index (χ1n) is 6.76. The fourth-order valence-electron chi connectivity index (χ4n) is 2.30. The van der Waals surface area contributed by atoms with Gasteiger partial charge in [0, 0.05) is 15.1 Å². The lowest BCUT2D eigenvalue weighted by atomic mass is 10.2. The van der Waals surface area contributed by atoms with E-state index in [0.29, 0.717) is 17.9 Å². The van der Waals surface area contributed by atoms with Crippen molar-refractivity contribution in [1.82, 2.24) is 10.3 Å². The highest BCUT2D eigenvalue weighted by Crippen LogP contribution is 2.22. The van der Waals surface area contributed by atoms with Crippen LogP contribution in [0.25, 0.3) is 10.9 Å². The molecule has 3 rings (SSSR count). The van der Waals surface area contributed by atoms with Gasteiger partial charge in [-0.1, -0.05) is 12.1 Å². The van der Waals surface area contributed by atoms with Crippen molar-refractivity contribution in [3.63, 3.8) is 0 Å². The molecule has 0 aliphatic heterocycles. The molecule has 0 aliphatic carbocycles. The van der Waals surface area contributed by atoms with Crippen molar-refractivity contribution in [1.29, 1.82) is 0 Å². The molecule has 0 saturated heterocycles. The maximum Gasteiger partial charge on any atom is 0.268 e. The second kappa shape index (κ2) is 5.26. The van der Waals surface area contributed by atoms with E-state index in [-0.39, 0.29) is 5.91 Å². The van der Waals surface area contributed by atoms with Crippen LogP contribution >= 0.6 is 11.3 Å². The number of aryl methyl sites for hydroxylation is 2. The Morgan fingerprint density at radius 3 is 2.81 bits per heavy atom. The summed E-state index contributed by atoms with van der Waals surface area (Å²) in [6.45, 7) is 4.71. The van der Waals surface area contributed by atoms with Crippen LogP contribution in [0.5, 0.6) is 0 Å². The summed E-state index contributed by atoms with van der Waals surface area (Å²) in [4.78, 5) is 17.7. The van der Waals surface area contributed by atoms with E-state index in [1.54, 1.807) is 11.3 Å². The van der Waals surface area contributed by atoms with Crippen molar-refractivity contribution < 1.29 is 4.79 Å². The number of nitrogens with one attached hydrogen (secondary N) is 2. The Kier molecular flexibility index (Phi) is 3.43. The minimum absolute atomic E-state index is 0.116. The van der Waals surface area contributed by atoms with E-state index < -0.39 is 0 Å². The lowest BCUT2D eigenvalue weighted by Gasteiger charge is -2.01. The molecule has 21 heavy (non-hydrogen) atoms. The van der Waals surface area contributed by atoms with Crippen LogP contribution in [0, 0.1) is 13.8 Å². The minimum Gasteiger partial charge on any atom is -0.397 e. The molecule has 0 spiro atoms. The summed E-state index contributed by atoms with van der Waals surface area (Å²) in [5.41, 5.74) is 9.15. The van der Waals surface area contributed by atoms with Gasteiger partial charge in [-0.05, 0) is 37.6 Å². The molecule has 3 aromatic rings. The largest absolute Gasteiger partial charge is 0.397 e. The second-order valence-electron chi connectivity index (χ2n) is 5.13. The summed E-state index contributed by atoms with van der Waals surface area (Å²) in [5.74, 6) is -0.116. The third-order valence-corrected chi connectivity index (χ3v) is 4.73. The van der Waals surface area contributed by atoms with Crippen LogP contribution in [0.15, 0.2) is 30.3 Å². The molecule has 4 N–H and O–H groups in total. The first-order valence-corrected chi connectivity index (χ1v) is 7.57. The lowest BCUT2D eigenvalue weighted by molar-refractivity contribution is 0.0947. The number of carbonyl (C=O) groups is 1. The smallest absolute Gasteiger partial charge is 0.268 e. The van der Waals surface area contributed by atoms with Crippen LogP contribution in [0.3, 0.4) is 0 Å².